The molecular formula is C23H23ClN2O5S. The van der Waals surface area contributed by atoms with Gasteiger partial charge in [-0.15, -0.1) is 0 Å². The molecule has 3 aromatic rings. The van der Waals surface area contributed by atoms with Crippen molar-refractivity contribution >= 4 is 33.2 Å². The quantitative estimate of drug-likeness (QED) is 0.479. The fourth-order valence-corrected chi connectivity index (χ4v) is 4.41. The molecule has 168 valence electrons. The minimum atomic E-state index is -3.71. The van der Waals surface area contributed by atoms with Crippen LogP contribution in [-0.2, 0) is 14.8 Å². The summed E-state index contributed by atoms with van der Waals surface area (Å²) in [5.41, 5.74) is 1.37. The first-order valence-electron chi connectivity index (χ1n) is 9.72. The number of nitrogens with one attached hydrogen (secondary N) is 2. The Morgan fingerprint density at radius 1 is 1.03 bits per heavy atom. The van der Waals surface area contributed by atoms with Crippen molar-refractivity contribution in [2.45, 2.75) is 17.9 Å². The number of methoxy groups -OCH3 is 1. The van der Waals surface area contributed by atoms with Crippen molar-refractivity contribution in [1.29, 1.82) is 0 Å². The first-order valence-corrected chi connectivity index (χ1v) is 11.6. The normalized spacial score (nSPS) is 12.1. The van der Waals surface area contributed by atoms with E-state index in [0.29, 0.717) is 22.2 Å². The molecule has 0 aromatic heterocycles. The summed E-state index contributed by atoms with van der Waals surface area (Å²) >= 11 is 6.04. The Balaban J connectivity index is 1.56. The van der Waals surface area contributed by atoms with Crippen molar-refractivity contribution in [3.05, 3.63) is 83.4 Å². The Bertz CT molecular complexity index is 1170. The second kappa shape index (κ2) is 10.5. The number of carbonyl (C=O) groups is 1. The molecule has 7 nitrogen and oxygen atoms in total. The summed E-state index contributed by atoms with van der Waals surface area (Å²) in [5, 5.41) is 3.04. The molecular weight excluding hydrogens is 452 g/mol. The van der Waals surface area contributed by atoms with E-state index in [0.717, 1.165) is 5.56 Å². The highest BCUT2D eigenvalue weighted by Gasteiger charge is 2.18. The Morgan fingerprint density at radius 2 is 1.72 bits per heavy atom. The van der Waals surface area contributed by atoms with Crippen LogP contribution in [-0.4, -0.2) is 28.0 Å². The Kier molecular flexibility index (Phi) is 7.74. The van der Waals surface area contributed by atoms with Crippen LogP contribution in [0.3, 0.4) is 0 Å². The van der Waals surface area contributed by atoms with Crippen molar-refractivity contribution in [3.63, 3.8) is 0 Å². The van der Waals surface area contributed by atoms with Crippen molar-refractivity contribution in [3.8, 4) is 11.5 Å². The predicted octanol–water partition coefficient (Wildman–Crippen LogP) is 4.41. The number of hydrogen-bond acceptors (Lipinski definition) is 5. The van der Waals surface area contributed by atoms with Crippen LogP contribution >= 0.6 is 11.6 Å². The fourth-order valence-electron chi connectivity index (χ4n) is 2.92. The largest absolute Gasteiger partial charge is 0.495 e. The maximum atomic E-state index is 12.6. The van der Waals surface area contributed by atoms with Crippen LogP contribution in [0.1, 0.15) is 18.5 Å². The van der Waals surface area contributed by atoms with Gasteiger partial charge in [-0.05, 0) is 55.0 Å². The molecule has 1 atom stereocenters. The molecule has 32 heavy (non-hydrogen) atoms. The van der Waals surface area contributed by atoms with Gasteiger partial charge in [-0.25, -0.2) is 13.1 Å². The number of anilines is 1. The number of ether oxygens (including phenoxy) is 2. The second-order valence-corrected chi connectivity index (χ2v) is 9.03. The number of benzene rings is 3. The number of rotatable bonds is 9. The van der Waals surface area contributed by atoms with Crippen molar-refractivity contribution in [2.75, 3.05) is 19.0 Å². The maximum Gasteiger partial charge on any atom is 0.262 e. The topological polar surface area (TPSA) is 93.7 Å². The standard InChI is InChI=1S/C23H23ClN2O5S/c1-16(17-6-4-3-5-7-17)26-32(28,29)20-11-9-19(10-12-20)31-15-23(27)25-18-8-13-22(30-2)21(24)14-18/h3-14,16,26H,15H2,1-2H3,(H,25,27)/t16-/m1/s1. The highest BCUT2D eigenvalue weighted by Crippen LogP contribution is 2.27. The highest BCUT2D eigenvalue weighted by molar-refractivity contribution is 7.89. The zero-order valence-corrected chi connectivity index (χ0v) is 19.1. The molecule has 0 bridgehead atoms. The summed E-state index contributed by atoms with van der Waals surface area (Å²) in [4.78, 5) is 12.2. The molecule has 3 rings (SSSR count). The minimum Gasteiger partial charge on any atom is -0.495 e. The van der Waals surface area contributed by atoms with Crippen molar-refractivity contribution in [1.82, 2.24) is 4.72 Å². The van der Waals surface area contributed by atoms with Gasteiger partial charge in [0.1, 0.15) is 11.5 Å². The molecule has 0 saturated carbocycles. The third-order valence-electron chi connectivity index (χ3n) is 4.57. The van der Waals surface area contributed by atoms with Gasteiger partial charge in [-0.1, -0.05) is 41.9 Å². The molecule has 0 heterocycles. The van der Waals surface area contributed by atoms with E-state index in [1.165, 1.54) is 31.4 Å². The van der Waals surface area contributed by atoms with Gasteiger partial charge in [-0.2, -0.15) is 0 Å². The highest BCUT2D eigenvalue weighted by atomic mass is 35.5. The first-order chi connectivity index (χ1) is 15.3. The monoisotopic (exact) mass is 474 g/mol. The lowest BCUT2D eigenvalue weighted by Crippen LogP contribution is -2.26. The molecule has 2 N–H and O–H groups in total. The molecule has 0 aliphatic rings. The van der Waals surface area contributed by atoms with Crippen LogP contribution in [0.2, 0.25) is 5.02 Å². The molecule has 3 aromatic carbocycles. The van der Waals surface area contributed by atoms with Gasteiger partial charge in [0, 0.05) is 11.7 Å². The Hall–Kier alpha value is -3.07. The SMILES string of the molecule is COc1ccc(NC(=O)COc2ccc(S(=O)(=O)N[C@H](C)c3ccccc3)cc2)cc1Cl. The van der Waals surface area contributed by atoms with Crippen LogP contribution in [0.15, 0.2) is 77.7 Å². The smallest absolute Gasteiger partial charge is 0.262 e. The average Bonchev–Trinajstić information content (AvgIpc) is 2.78. The number of halogens is 1. The number of hydrogen-bond donors (Lipinski definition) is 2. The van der Waals surface area contributed by atoms with Gasteiger partial charge >= 0.3 is 0 Å². The lowest BCUT2D eigenvalue weighted by molar-refractivity contribution is -0.118. The average molecular weight is 475 g/mol. The maximum absolute atomic E-state index is 12.6. The molecule has 0 aliphatic heterocycles. The van der Waals surface area contributed by atoms with E-state index in [2.05, 4.69) is 10.0 Å². The fraction of sp³-hybridized carbons (Fsp3) is 0.174. The zero-order chi connectivity index (χ0) is 23.1. The molecule has 0 unspecified atom stereocenters. The van der Waals surface area contributed by atoms with Crippen molar-refractivity contribution < 1.29 is 22.7 Å². The van der Waals surface area contributed by atoms with Gasteiger partial charge in [0.25, 0.3) is 5.91 Å². The van der Waals surface area contributed by atoms with Crippen LogP contribution < -0.4 is 19.5 Å². The summed E-state index contributed by atoms with van der Waals surface area (Å²) < 4.78 is 38.4. The van der Waals surface area contributed by atoms with Crippen LogP contribution in [0.4, 0.5) is 5.69 Å². The van der Waals surface area contributed by atoms with E-state index in [1.807, 2.05) is 30.3 Å². The third kappa shape index (κ3) is 6.23. The lowest BCUT2D eigenvalue weighted by atomic mass is 10.1. The van der Waals surface area contributed by atoms with Crippen LogP contribution in [0, 0.1) is 0 Å². The van der Waals surface area contributed by atoms with Crippen LogP contribution in [0.25, 0.3) is 0 Å². The van der Waals surface area contributed by atoms with E-state index in [1.54, 1.807) is 25.1 Å². The Labute approximate surface area is 192 Å². The summed E-state index contributed by atoms with van der Waals surface area (Å²) in [6, 6.07) is 19.6. The van der Waals surface area contributed by atoms with E-state index in [9.17, 15) is 13.2 Å². The molecule has 1 amide bonds. The Morgan fingerprint density at radius 3 is 2.34 bits per heavy atom. The minimum absolute atomic E-state index is 0.102. The summed E-state index contributed by atoms with van der Waals surface area (Å²) in [6.45, 7) is 1.53. The second-order valence-electron chi connectivity index (χ2n) is 6.91. The number of carbonyl (C=O) groups excluding carboxylic acids is 1. The third-order valence-corrected chi connectivity index (χ3v) is 6.42. The van der Waals surface area contributed by atoms with Gasteiger partial charge in [0.15, 0.2) is 6.61 Å². The van der Waals surface area contributed by atoms with Gasteiger partial charge in [0.05, 0.1) is 17.0 Å². The molecule has 0 spiro atoms. The van der Waals surface area contributed by atoms with E-state index in [4.69, 9.17) is 21.1 Å². The van der Waals surface area contributed by atoms with Gasteiger partial charge in [0.2, 0.25) is 10.0 Å². The van der Waals surface area contributed by atoms with Crippen LogP contribution in [0.5, 0.6) is 11.5 Å². The summed E-state index contributed by atoms with van der Waals surface area (Å²) in [7, 11) is -2.21. The molecule has 9 heteroatoms. The van der Waals surface area contributed by atoms with E-state index in [-0.39, 0.29) is 23.5 Å². The zero-order valence-electron chi connectivity index (χ0n) is 17.5. The number of amides is 1. The van der Waals surface area contributed by atoms with Gasteiger partial charge in [-0.3, -0.25) is 4.79 Å². The molecule has 0 aliphatic carbocycles. The number of sulfonamides is 1. The molecule has 0 saturated heterocycles. The van der Waals surface area contributed by atoms with E-state index < -0.39 is 10.0 Å². The van der Waals surface area contributed by atoms with Crippen molar-refractivity contribution in [2.24, 2.45) is 0 Å². The van der Waals surface area contributed by atoms with Gasteiger partial charge < -0.3 is 14.8 Å². The van der Waals surface area contributed by atoms with E-state index >= 15 is 0 Å². The summed E-state index contributed by atoms with van der Waals surface area (Å²) in [5.74, 6) is 0.480. The lowest BCUT2D eigenvalue weighted by Gasteiger charge is -2.15. The first kappa shape index (κ1) is 23.6. The molecule has 0 radical (unpaired) electrons. The predicted molar refractivity (Wildman–Crippen MR) is 124 cm³/mol. The molecule has 0 fully saturated rings. The summed E-state index contributed by atoms with van der Waals surface area (Å²) in [6.07, 6.45) is 0.